The molecule has 4 rings (SSSR count). The molecule has 20 heteroatoms. The first-order valence-corrected chi connectivity index (χ1v) is 14.8. The van der Waals surface area contributed by atoms with Crippen molar-refractivity contribution in [1.29, 1.82) is 0 Å². The first-order chi connectivity index (χ1) is 21.2. The Morgan fingerprint density at radius 1 is 0.689 bits per heavy atom. The Kier molecular flexibility index (Phi) is 12.5. The monoisotopic (exact) mass is 656 g/mol. The number of nitrogens with two attached hydrogens (primary N) is 5. The molecule has 1 saturated carbocycles. The number of nitrogens with one attached hydrogen (secondary N) is 1. The molecule has 0 aromatic heterocycles. The Morgan fingerprint density at radius 3 is 1.76 bits per heavy atom. The maximum atomic E-state index is 11.4. The van der Waals surface area contributed by atoms with Crippen LogP contribution in [0.25, 0.3) is 0 Å². The molecule has 3 saturated heterocycles. The third kappa shape index (κ3) is 7.74. The van der Waals surface area contributed by atoms with Gasteiger partial charge in [-0.05, 0) is 6.42 Å². The van der Waals surface area contributed by atoms with Gasteiger partial charge in [-0.1, -0.05) is 0 Å². The van der Waals surface area contributed by atoms with E-state index in [1.807, 2.05) is 0 Å². The van der Waals surface area contributed by atoms with Crippen LogP contribution < -0.4 is 34.0 Å². The van der Waals surface area contributed by atoms with Crippen molar-refractivity contribution in [2.24, 2.45) is 28.7 Å². The molecule has 0 spiro atoms. The normalized spacial score (nSPS) is 50.8. The molecule has 7 unspecified atom stereocenters. The summed E-state index contributed by atoms with van der Waals surface area (Å²) in [6.07, 6.45) is -20.5. The fourth-order valence-electron chi connectivity index (χ4n) is 5.96. The van der Waals surface area contributed by atoms with Crippen LogP contribution in [0.4, 0.5) is 0 Å². The predicted molar refractivity (Wildman–Crippen MR) is 148 cm³/mol. The quantitative estimate of drug-likeness (QED) is 0.104. The summed E-state index contributed by atoms with van der Waals surface area (Å²) in [6.45, 7) is 0.223. The third-order valence-electron chi connectivity index (χ3n) is 8.69. The van der Waals surface area contributed by atoms with Gasteiger partial charge in [0.1, 0.15) is 67.1 Å². The summed E-state index contributed by atoms with van der Waals surface area (Å²) < 4.78 is 34.9. The number of ether oxygens (including phenoxy) is 6. The number of hydrogen-bond donors (Lipinski definition) is 13. The highest BCUT2D eigenvalue weighted by Gasteiger charge is 2.54. The van der Waals surface area contributed by atoms with Crippen LogP contribution in [-0.4, -0.2) is 178 Å². The fraction of sp³-hybridized carbons (Fsp3) is 0.960. The van der Waals surface area contributed by atoms with Crippen molar-refractivity contribution in [2.45, 2.75) is 130 Å². The van der Waals surface area contributed by atoms with E-state index in [-0.39, 0.29) is 19.5 Å². The van der Waals surface area contributed by atoms with Gasteiger partial charge in [0.2, 0.25) is 5.91 Å². The van der Waals surface area contributed by atoms with E-state index in [0.29, 0.717) is 0 Å². The number of aliphatic hydroxyl groups is 7. The van der Waals surface area contributed by atoms with E-state index >= 15 is 0 Å². The number of aliphatic hydroxyl groups excluding tert-OH is 7. The van der Waals surface area contributed by atoms with Crippen LogP contribution >= 0.6 is 0 Å². The molecule has 3 heterocycles. The van der Waals surface area contributed by atoms with Crippen LogP contribution in [0.1, 0.15) is 13.3 Å². The lowest BCUT2D eigenvalue weighted by atomic mass is 9.84. The van der Waals surface area contributed by atoms with Gasteiger partial charge in [-0.2, -0.15) is 0 Å². The summed E-state index contributed by atoms with van der Waals surface area (Å²) in [4.78, 5) is 11.4. The second-order valence-corrected chi connectivity index (χ2v) is 11.9. The maximum Gasteiger partial charge on any atom is 0.216 e. The van der Waals surface area contributed by atoms with Crippen LogP contribution in [0.2, 0.25) is 0 Å². The van der Waals surface area contributed by atoms with Crippen LogP contribution in [-0.2, 0) is 33.2 Å². The molecule has 0 aromatic carbocycles. The summed E-state index contributed by atoms with van der Waals surface area (Å²) in [5, 5.41) is 76.1. The summed E-state index contributed by atoms with van der Waals surface area (Å²) in [7, 11) is 0. The van der Waals surface area contributed by atoms with Gasteiger partial charge in [0.05, 0.1) is 24.8 Å². The largest absolute Gasteiger partial charge is 0.394 e. The van der Waals surface area contributed by atoms with Crippen molar-refractivity contribution >= 4 is 5.91 Å². The topological polar surface area (TPSA) is 356 Å². The Balaban J connectivity index is 1.49. The Labute approximate surface area is 258 Å². The molecule has 0 radical (unpaired) electrons. The summed E-state index contributed by atoms with van der Waals surface area (Å²) in [6, 6.07) is -4.31. The minimum atomic E-state index is -1.65. The molecule has 262 valence electrons. The van der Waals surface area contributed by atoms with Crippen molar-refractivity contribution < 1.29 is 69.0 Å². The van der Waals surface area contributed by atoms with Crippen molar-refractivity contribution in [3.63, 3.8) is 0 Å². The minimum absolute atomic E-state index is 0.0724. The molecule has 18 N–H and O–H groups in total. The van der Waals surface area contributed by atoms with Gasteiger partial charge in [-0.3, -0.25) is 4.79 Å². The highest BCUT2D eigenvalue weighted by Crippen LogP contribution is 2.34. The molecule has 4 aliphatic rings. The molecule has 4 fully saturated rings. The van der Waals surface area contributed by atoms with Gasteiger partial charge in [-0.25, -0.2) is 0 Å². The molecule has 0 bridgehead atoms. The van der Waals surface area contributed by atoms with Crippen molar-refractivity contribution in [3.05, 3.63) is 0 Å². The van der Waals surface area contributed by atoms with E-state index in [0.717, 1.165) is 0 Å². The molecule has 0 aromatic rings. The van der Waals surface area contributed by atoms with Crippen molar-refractivity contribution in [3.8, 4) is 0 Å². The number of amides is 1. The van der Waals surface area contributed by atoms with Crippen LogP contribution in [0.15, 0.2) is 0 Å². The lowest BCUT2D eigenvalue weighted by molar-refractivity contribution is -0.306. The van der Waals surface area contributed by atoms with Gasteiger partial charge in [0, 0.05) is 32.1 Å². The summed E-state index contributed by atoms with van der Waals surface area (Å²) in [5.41, 5.74) is 30.1. The number of rotatable bonds is 10. The lowest BCUT2D eigenvalue weighted by Gasteiger charge is -2.47. The van der Waals surface area contributed by atoms with E-state index < -0.39 is 129 Å². The Bertz CT molecular complexity index is 975. The second-order valence-electron chi connectivity index (χ2n) is 11.9. The summed E-state index contributed by atoms with van der Waals surface area (Å²) in [5.74, 6) is -0.413. The maximum absolute atomic E-state index is 11.4. The van der Waals surface area contributed by atoms with Crippen molar-refractivity contribution in [1.82, 2.24) is 5.32 Å². The van der Waals surface area contributed by atoms with Crippen LogP contribution in [0, 0.1) is 0 Å². The van der Waals surface area contributed by atoms with Crippen molar-refractivity contribution in [2.75, 3.05) is 19.7 Å². The van der Waals surface area contributed by atoms with E-state index in [1.54, 1.807) is 0 Å². The first-order valence-electron chi connectivity index (χ1n) is 14.8. The Hall–Kier alpha value is -1.25. The predicted octanol–water partition coefficient (Wildman–Crippen LogP) is -8.72. The summed E-state index contributed by atoms with van der Waals surface area (Å²) >= 11 is 0. The van der Waals surface area contributed by atoms with Crippen LogP contribution in [0.5, 0.6) is 0 Å². The van der Waals surface area contributed by atoms with Gasteiger partial charge in [0.25, 0.3) is 0 Å². The first kappa shape index (κ1) is 36.6. The Morgan fingerprint density at radius 2 is 1.20 bits per heavy atom. The van der Waals surface area contributed by atoms with E-state index in [2.05, 4.69) is 5.32 Å². The van der Waals surface area contributed by atoms with Gasteiger partial charge < -0.3 is 98.2 Å². The number of carbonyl (C=O) groups is 1. The second kappa shape index (κ2) is 15.3. The van der Waals surface area contributed by atoms with E-state index in [1.165, 1.54) is 6.92 Å². The van der Waals surface area contributed by atoms with Gasteiger partial charge in [-0.15, -0.1) is 0 Å². The smallest absolute Gasteiger partial charge is 0.216 e. The zero-order valence-corrected chi connectivity index (χ0v) is 24.7. The average molecular weight is 657 g/mol. The van der Waals surface area contributed by atoms with Crippen LogP contribution in [0.3, 0.4) is 0 Å². The third-order valence-corrected chi connectivity index (χ3v) is 8.69. The SMILES string of the molecule is CC(=O)NCC1O[C@H](OC2[C@@H](CO)O[C@@H](O[C@@H]3C(O)[C@H](N)CC(N)[C@H]3O[C@H]3OC(CN)[C@@H](O)[C@H](O)C3N)[C@H]2O)C(N)[C@H](O)[C@@H]1O. The van der Waals surface area contributed by atoms with Gasteiger partial charge in [0.15, 0.2) is 18.9 Å². The zero-order chi connectivity index (χ0) is 33.3. The molecule has 1 aliphatic carbocycles. The van der Waals surface area contributed by atoms with E-state index in [9.17, 15) is 40.5 Å². The molecule has 19 atom stereocenters. The molecular weight excluding hydrogens is 608 g/mol. The number of hydrogen-bond acceptors (Lipinski definition) is 19. The molecular formula is C25H48N6O14. The molecule has 3 aliphatic heterocycles. The highest BCUT2D eigenvalue weighted by atomic mass is 16.8. The van der Waals surface area contributed by atoms with Gasteiger partial charge >= 0.3 is 0 Å². The minimum Gasteiger partial charge on any atom is -0.394 e. The molecule has 1 amide bonds. The molecule has 20 nitrogen and oxygen atoms in total. The van der Waals surface area contributed by atoms with E-state index in [4.69, 9.17) is 57.1 Å². The standard InChI is InChI=1S/C25H48N6O14/c1-6(33)31-4-10-16(36)18(38)13(30)24(41-10)44-21-11(5-32)42-25(19(21)39)45-22-14(34)7(27)2-8(28)20(22)43-23-12(29)17(37)15(35)9(3-26)40-23/h7-25,32,34-39H,2-5,26-30H2,1H3,(H,31,33)/t7-,8?,9?,10?,11-,12?,13?,14?,15-,16-,17-,18+,19+,20-,21?,22-,23-,24-,25+/m1/s1. The highest BCUT2D eigenvalue weighted by molar-refractivity contribution is 5.72. The lowest BCUT2D eigenvalue weighted by Crippen LogP contribution is -2.68. The number of carbonyl (C=O) groups excluding carboxylic acids is 1. The zero-order valence-electron chi connectivity index (χ0n) is 24.7. The average Bonchev–Trinajstić information content (AvgIpc) is 3.30. The fourth-order valence-corrected chi connectivity index (χ4v) is 5.96. The molecule has 45 heavy (non-hydrogen) atoms.